The smallest absolute Gasteiger partial charge is 0.334 e. The number of carbonyl (C=O) groups is 2. The van der Waals surface area contributed by atoms with Gasteiger partial charge in [0.25, 0.3) is 5.91 Å². The summed E-state index contributed by atoms with van der Waals surface area (Å²) in [6, 6.07) is 3.37. The second kappa shape index (κ2) is 5.22. The van der Waals surface area contributed by atoms with Crippen molar-refractivity contribution in [3.05, 3.63) is 23.7 Å². The highest BCUT2D eigenvalue weighted by Gasteiger charge is 2.30. The van der Waals surface area contributed by atoms with Gasteiger partial charge in [-0.3, -0.25) is 4.79 Å². The van der Waals surface area contributed by atoms with Gasteiger partial charge in [0.1, 0.15) is 5.76 Å². The number of hydrogen-bond donors (Lipinski definition) is 1. The van der Waals surface area contributed by atoms with E-state index in [0.717, 1.165) is 5.76 Å². The largest absolute Gasteiger partial charge is 0.479 e. The van der Waals surface area contributed by atoms with Gasteiger partial charge < -0.3 is 19.2 Å². The fourth-order valence-electron chi connectivity index (χ4n) is 1.82. The van der Waals surface area contributed by atoms with Crippen LogP contribution in [-0.4, -0.2) is 47.7 Å². The van der Waals surface area contributed by atoms with Crippen molar-refractivity contribution in [2.24, 2.45) is 0 Å². The highest BCUT2D eigenvalue weighted by atomic mass is 16.5. The zero-order chi connectivity index (χ0) is 13.1. The maximum absolute atomic E-state index is 12.1. The molecule has 1 aliphatic rings. The second-order valence-electron chi connectivity index (χ2n) is 4.07. The van der Waals surface area contributed by atoms with Crippen molar-refractivity contribution in [3.8, 4) is 0 Å². The maximum Gasteiger partial charge on any atom is 0.334 e. The third-order valence-electron chi connectivity index (χ3n) is 2.85. The number of furan rings is 1. The van der Waals surface area contributed by atoms with Crippen LogP contribution in [0.25, 0.3) is 0 Å². The summed E-state index contributed by atoms with van der Waals surface area (Å²) in [5, 5.41) is 8.86. The molecule has 18 heavy (non-hydrogen) atoms. The van der Waals surface area contributed by atoms with Gasteiger partial charge in [-0.2, -0.15) is 0 Å². The summed E-state index contributed by atoms with van der Waals surface area (Å²) in [7, 11) is 0. The molecule has 1 fully saturated rings. The van der Waals surface area contributed by atoms with Crippen molar-refractivity contribution < 1.29 is 23.8 Å². The molecule has 1 aliphatic heterocycles. The summed E-state index contributed by atoms with van der Waals surface area (Å²) < 4.78 is 10.4. The van der Waals surface area contributed by atoms with Gasteiger partial charge in [0.2, 0.25) is 0 Å². The molecule has 0 spiro atoms. The lowest BCUT2D eigenvalue weighted by molar-refractivity contribution is -0.154. The number of carboxylic acids is 1. The average molecular weight is 253 g/mol. The predicted molar refractivity (Wildman–Crippen MR) is 61.4 cm³/mol. The Hall–Kier alpha value is -1.82. The van der Waals surface area contributed by atoms with E-state index in [1.165, 1.54) is 4.90 Å². The molecule has 0 aromatic carbocycles. The molecule has 1 aromatic heterocycles. The van der Waals surface area contributed by atoms with Crippen molar-refractivity contribution >= 4 is 11.9 Å². The maximum atomic E-state index is 12.1. The highest BCUT2D eigenvalue weighted by molar-refractivity contribution is 5.92. The summed E-state index contributed by atoms with van der Waals surface area (Å²) in [5.74, 6) is -0.357. The number of aliphatic carboxylic acids is 1. The van der Waals surface area contributed by atoms with E-state index in [0.29, 0.717) is 13.0 Å². The van der Waals surface area contributed by atoms with Crippen molar-refractivity contribution in [2.45, 2.75) is 19.4 Å². The number of nitrogens with zero attached hydrogens (tertiary/aromatic N) is 1. The van der Waals surface area contributed by atoms with Crippen LogP contribution in [0.1, 0.15) is 23.2 Å². The van der Waals surface area contributed by atoms with Crippen LogP contribution in [0, 0.1) is 0 Å². The van der Waals surface area contributed by atoms with Gasteiger partial charge in [0.05, 0.1) is 13.2 Å². The number of carbonyl (C=O) groups excluding carboxylic acids is 1. The van der Waals surface area contributed by atoms with Crippen LogP contribution in [0.2, 0.25) is 0 Å². The van der Waals surface area contributed by atoms with E-state index < -0.39 is 12.1 Å². The third-order valence-corrected chi connectivity index (χ3v) is 2.85. The van der Waals surface area contributed by atoms with E-state index in [1.807, 2.05) is 6.92 Å². The fraction of sp³-hybridized carbons (Fsp3) is 0.500. The van der Waals surface area contributed by atoms with Crippen LogP contribution in [-0.2, 0) is 16.0 Å². The summed E-state index contributed by atoms with van der Waals surface area (Å²) in [4.78, 5) is 24.3. The third kappa shape index (κ3) is 2.53. The number of carboxylic acid groups (broad SMARTS) is 1. The Morgan fingerprint density at radius 2 is 2.28 bits per heavy atom. The molecule has 1 atom stereocenters. The first-order valence-electron chi connectivity index (χ1n) is 5.84. The van der Waals surface area contributed by atoms with Crippen LogP contribution >= 0.6 is 0 Å². The first-order chi connectivity index (χ1) is 8.61. The molecule has 0 radical (unpaired) electrons. The SMILES string of the molecule is CCc1ccc(C(=O)N2CCO[C@H](C(=O)O)C2)o1. The minimum absolute atomic E-state index is 0.0519. The van der Waals surface area contributed by atoms with E-state index in [-0.39, 0.29) is 24.8 Å². The van der Waals surface area contributed by atoms with Crippen LogP contribution < -0.4 is 0 Å². The Labute approximate surface area is 104 Å². The zero-order valence-electron chi connectivity index (χ0n) is 10.1. The van der Waals surface area contributed by atoms with E-state index in [1.54, 1.807) is 12.1 Å². The average Bonchev–Trinajstić information content (AvgIpc) is 2.86. The molecule has 6 nitrogen and oxygen atoms in total. The van der Waals surface area contributed by atoms with Gasteiger partial charge in [0.15, 0.2) is 11.9 Å². The first kappa shape index (κ1) is 12.6. The normalized spacial score (nSPS) is 19.8. The molecule has 6 heteroatoms. The molecular formula is C12H15NO5. The second-order valence-corrected chi connectivity index (χ2v) is 4.07. The van der Waals surface area contributed by atoms with E-state index in [9.17, 15) is 9.59 Å². The number of ether oxygens (including phenoxy) is 1. The number of aryl methyl sites for hydroxylation is 1. The van der Waals surface area contributed by atoms with Gasteiger partial charge in [-0.05, 0) is 12.1 Å². The number of hydrogen-bond acceptors (Lipinski definition) is 4. The first-order valence-corrected chi connectivity index (χ1v) is 5.84. The lowest BCUT2D eigenvalue weighted by Gasteiger charge is -2.30. The van der Waals surface area contributed by atoms with Crippen LogP contribution in [0.4, 0.5) is 0 Å². The molecule has 0 saturated carbocycles. The van der Waals surface area contributed by atoms with E-state index in [4.69, 9.17) is 14.3 Å². The summed E-state index contributed by atoms with van der Waals surface area (Å²) >= 11 is 0. The molecule has 1 amide bonds. The Bertz CT molecular complexity index is 453. The Morgan fingerprint density at radius 3 is 2.89 bits per heavy atom. The number of morpholine rings is 1. The van der Waals surface area contributed by atoms with Crippen molar-refractivity contribution in [1.82, 2.24) is 4.90 Å². The zero-order valence-corrected chi connectivity index (χ0v) is 10.1. The monoisotopic (exact) mass is 253 g/mol. The molecule has 0 aliphatic carbocycles. The predicted octanol–water partition coefficient (Wildman–Crippen LogP) is 0.768. The highest BCUT2D eigenvalue weighted by Crippen LogP contribution is 2.14. The molecule has 98 valence electrons. The van der Waals surface area contributed by atoms with E-state index >= 15 is 0 Å². The molecule has 2 heterocycles. The summed E-state index contributed by atoms with van der Waals surface area (Å²) in [5.41, 5.74) is 0. The lowest BCUT2D eigenvalue weighted by Crippen LogP contribution is -2.48. The Kier molecular flexibility index (Phi) is 3.66. The number of amides is 1. The molecule has 1 N–H and O–H groups in total. The summed E-state index contributed by atoms with van der Waals surface area (Å²) in [6.07, 6.45) is -0.239. The lowest BCUT2D eigenvalue weighted by atomic mass is 10.2. The molecular weight excluding hydrogens is 238 g/mol. The van der Waals surface area contributed by atoms with Gasteiger partial charge >= 0.3 is 5.97 Å². The molecule has 0 bridgehead atoms. The van der Waals surface area contributed by atoms with E-state index in [2.05, 4.69) is 0 Å². The van der Waals surface area contributed by atoms with Gasteiger partial charge in [-0.25, -0.2) is 4.79 Å². The molecule has 1 aromatic rings. The standard InChI is InChI=1S/C12H15NO5/c1-2-8-3-4-9(18-8)11(14)13-5-6-17-10(7-13)12(15)16/h3-4,10H,2,5-7H2,1H3,(H,15,16)/t10-/m0/s1. The van der Waals surface area contributed by atoms with Gasteiger partial charge in [-0.15, -0.1) is 0 Å². The van der Waals surface area contributed by atoms with Crippen molar-refractivity contribution in [1.29, 1.82) is 0 Å². The van der Waals surface area contributed by atoms with Crippen LogP contribution in [0.15, 0.2) is 16.5 Å². The fourth-order valence-corrected chi connectivity index (χ4v) is 1.82. The molecule has 1 saturated heterocycles. The quantitative estimate of drug-likeness (QED) is 0.860. The minimum Gasteiger partial charge on any atom is -0.479 e. The van der Waals surface area contributed by atoms with Gasteiger partial charge in [0, 0.05) is 13.0 Å². The Morgan fingerprint density at radius 1 is 1.50 bits per heavy atom. The van der Waals surface area contributed by atoms with Crippen molar-refractivity contribution in [2.75, 3.05) is 19.7 Å². The van der Waals surface area contributed by atoms with Crippen LogP contribution in [0.3, 0.4) is 0 Å². The molecule has 2 rings (SSSR count). The topological polar surface area (TPSA) is 80.0 Å². The van der Waals surface area contributed by atoms with Gasteiger partial charge in [-0.1, -0.05) is 6.92 Å². The minimum atomic E-state index is -1.05. The summed E-state index contributed by atoms with van der Waals surface area (Å²) in [6.45, 7) is 2.59. The number of rotatable bonds is 3. The van der Waals surface area contributed by atoms with Crippen LogP contribution in [0.5, 0.6) is 0 Å². The molecule has 0 unspecified atom stereocenters. The van der Waals surface area contributed by atoms with Crippen molar-refractivity contribution in [3.63, 3.8) is 0 Å². The Balaban J connectivity index is 2.06.